The van der Waals surface area contributed by atoms with Gasteiger partial charge < -0.3 is 19.5 Å². The van der Waals surface area contributed by atoms with Gasteiger partial charge in [-0.3, -0.25) is 14.4 Å². The molecule has 0 fully saturated rings. The van der Waals surface area contributed by atoms with Gasteiger partial charge >= 0.3 is 5.97 Å². The van der Waals surface area contributed by atoms with E-state index in [1.807, 2.05) is 6.92 Å². The Balaban J connectivity index is 1.53. The largest absolute Gasteiger partial charge is 0.494 e. The molecule has 0 radical (unpaired) electrons. The first-order valence-corrected chi connectivity index (χ1v) is 8.52. The first-order valence-electron chi connectivity index (χ1n) is 8.52. The van der Waals surface area contributed by atoms with Crippen molar-refractivity contribution in [3.8, 4) is 11.5 Å². The van der Waals surface area contributed by atoms with Crippen molar-refractivity contribution in [3.63, 3.8) is 0 Å². The fourth-order valence-electron chi connectivity index (χ4n) is 2.57. The number of hydrogen-bond donors (Lipinski definition) is 1. The predicted molar refractivity (Wildman–Crippen MR) is 97.2 cm³/mol. The average molecular weight is 369 g/mol. The standard InChI is InChI=1S/C20H19NO6/c1-2-25-15-6-3-13(4-7-15)9-20(24)27-11-17(22)14-5-8-18-16(10-14)21-19(23)12-26-18/h3-8,10H,2,9,11-12H2,1H3,(H,21,23). The van der Waals surface area contributed by atoms with Crippen LogP contribution in [0.5, 0.6) is 11.5 Å². The van der Waals surface area contributed by atoms with Crippen LogP contribution in [0, 0.1) is 0 Å². The summed E-state index contributed by atoms with van der Waals surface area (Å²) in [5.41, 5.74) is 1.52. The highest BCUT2D eigenvalue weighted by molar-refractivity contribution is 6.01. The van der Waals surface area contributed by atoms with Crippen LogP contribution in [0.15, 0.2) is 42.5 Å². The minimum atomic E-state index is -0.498. The van der Waals surface area contributed by atoms with Gasteiger partial charge in [-0.2, -0.15) is 0 Å². The van der Waals surface area contributed by atoms with Gasteiger partial charge in [-0.05, 0) is 42.8 Å². The second-order valence-corrected chi connectivity index (χ2v) is 5.89. The van der Waals surface area contributed by atoms with Crippen LogP contribution in [0.1, 0.15) is 22.8 Å². The molecule has 0 spiro atoms. The number of carbonyl (C=O) groups excluding carboxylic acids is 3. The van der Waals surface area contributed by atoms with Gasteiger partial charge in [-0.25, -0.2) is 0 Å². The van der Waals surface area contributed by atoms with Crippen LogP contribution in [0.3, 0.4) is 0 Å². The van der Waals surface area contributed by atoms with E-state index in [0.717, 1.165) is 11.3 Å². The van der Waals surface area contributed by atoms with Crippen LogP contribution < -0.4 is 14.8 Å². The van der Waals surface area contributed by atoms with E-state index < -0.39 is 5.97 Å². The first-order chi connectivity index (χ1) is 13.0. The number of anilines is 1. The minimum absolute atomic E-state index is 0.0521. The number of ether oxygens (including phenoxy) is 3. The van der Waals surface area contributed by atoms with Gasteiger partial charge in [-0.15, -0.1) is 0 Å². The molecule has 2 aromatic rings. The van der Waals surface area contributed by atoms with Gasteiger partial charge in [0.2, 0.25) is 0 Å². The van der Waals surface area contributed by atoms with Crippen molar-refractivity contribution in [1.82, 2.24) is 0 Å². The van der Waals surface area contributed by atoms with E-state index >= 15 is 0 Å². The molecule has 0 atom stereocenters. The molecule has 27 heavy (non-hydrogen) atoms. The number of carbonyl (C=O) groups is 3. The normalized spacial score (nSPS) is 12.4. The van der Waals surface area contributed by atoms with Crippen LogP contribution in [-0.4, -0.2) is 37.5 Å². The molecular formula is C20H19NO6. The van der Waals surface area contributed by atoms with Gasteiger partial charge in [0.25, 0.3) is 5.91 Å². The highest BCUT2D eigenvalue weighted by atomic mass is 16.5. The van der Waals surface area contributed by atoms with Crippen LogP contribution in [0.2, 0.25) is 0 Å². The molecule has 1 aliphatic heterocycles. The summed E-state index contributed by atoms with van der Waals surface area (Å²) in [6.45, 7) is 2.04. The Kier molecular flexibility index (Phi) is 5.71. The van der Waals surface area contributed by atoms with Crippen LogP contribution in [-0.2, 0) is 20.7 Å². The molecule has 0 unspecified atom stereocenters. The van der Waals surface area contributed by atoms with Crippen LogP contribution in [0.4, 0.5) is 5.69 Å². The lowest BCUT2D eigenvalue weighted by Crippen LogP contribution is -2.25. The van der Waals surface area contributed by atoms with E-state index in [9.17, 15) is 14.4 Å². The summed E-state index contributed by atoms with van der Waals surface area (Å²) >= 11 is 0. The number of nitrogens with one attached hydrogen (secondary N) is 1. The molecule has 1 amide bonds. The summed E-state index contributed by atoms with van der Waals surface area (Å²) in [5, 5.41) is 2.63. The number of hydrogen-bond acceptors (Lipinski definition) is 6. The Morgan fingerprint density at radius 3 is 2.67 bits per heavy atom. The molecule has 0 saturated heterocycles. The molecule has 3 rings (SSSR count). The molecule has 1 heterocycles. The van der Waals surface area contributed by atoms with Crippen molar-refractivity contribution < 1.29 is 28.6 Å². The maximum absolute atomic E-state index is 12.2. The maximum Gasteiger partial charge on any atom is 0.310 e. The third kappa shape index (κ3) is 4.84. The summed E-state index contributed by atoms with van der Waals surface area (Å²) in [4.78, 5) is 35.5. The molecule has 0 bridgehead atoms. The second kappa shape index (κ2) is 8.35. The van der Waals surface area contributed by atoms with Crippen molar-refractivity contribution in [3.05, 3.63) is 53.6 Å². The SMILES string of the molecule is CCOc1ccc(CC(=O)OCC(=O)c2ccc3c(c2)NC(=O)CO3)cc1. The van der Waals surface area contributed by atoms with E-state index in [1.165, 1.54) is 6.07 Å². The molecule has 0 aromatic heterocycles. The Bertz CT molecular complexity index is 859. The number of fused-ring (bicyclic) bond motifs is 1. The number of rotatable bonds is 7. The van der Waals surface area contributed by atoms with E-state index in [-0.39, 0.29) is 31.3 Å². The Morgan fingerprint density at radius 1 is 1.15 bits per heavy atom. The van der Waals surface area contributed by atoms with Crippen molar-refractivity contribution >= 4 is 23.3 Å². The zero-order valence-electron chi connectivity index (χ0n) is 14.8. The van der Waals surface area contributed by atoms with Gasteiger partial charge in [0, 0.05) is 5.56 Å². The Morgan fingerprint density at radius 2 is 1.93 bits per heavy atom. The second-order valence-electron chi connectivity index (χ2n) is 5.89. The highest BCUT2D eigenvalue weighted by Gasteiger charge is 2.18. The molecule has 2 aromatic carbocycles. The predicted octanol–water partition coefficient (Wildman–Crippen LogP) is 2.38. The third-order valence-corrected chi connectivity index (χ3v) is 3.88. The van der Waals surface area contributed by atoms with Gasteiger partial charge in [0.05, 0.1) is 18.7 Å². The summed E-state index contributed by atoms with van der Waals surface area (Å²) < 4.78 is 15.7. The molecule has 0 aliphatic carbocycles. The summed E-state index contributed by atoms with van der Waals surface area (Å²) in [6, 6.07) is 11.8. The maximum atomic E-state index is 12.2. The summed E-state index contributed by atoms with van der Waals surface area (Å²) in [7, 11) is 0. The van der Waals surface area contributed by atoms with Gasteiger partial charge in [0.15, 0.2) is 19.0 Å². The number of amides is 1. The molecule has 140 valence electrons. The topological polar surface area (TPSA) is 90.9 Å². The van der Waals surface area contributed by atoms with Gasteiger partial charge in [0.1, 0.15) is 11.5 Å². The lowest BCUT2D eigenvalue weighted by molar-refractivity contribution is -0.141. The van der Waals surface area contributed by atoms with Crippen molar-refractivity contribution in [1.29, 1.82) is 0 Å². The lowest BCUT2D eigenvalue weighted by Gasteiger charge is -2.18. The molecule has 1 aliphatic rings. The van der Waals surface area contributed by atoms with Crippen molar-refractivity contribution in [2.75, 3.05) is 25.1 Å². The average Bonchev–Trinajstić information content (AvgIpc) is 2.67. The highest BCUT2D eigenvalue weighted by Crippen LogP contribution is 2.28. The zero-order chi connectivity index (χ0) is 19.2. The van der Waals surface area contributed by atoms with E-state index in [4.69, 9.17) is 14.2 Å². The van der Waals surface area contributed by atoms with Crippen molar-refractivity contribution in [2.24, 2.45) is 0 Å². The smallest absolute Gasteiger partial charge is 0.310 e. The summed E-state index contributed by atoms with van der Waals surface area (Å²) in [5.74, 6) is 0.0839. The molecule has 7 heteroatoms. The van der Waals surface area contributed by atoms with E-state index in [0.29, 0.717) is 23.6 Å². The fraction of sp³-hybridized carbons (Fsp3) is 0.250. The summed E-state index contributed by atoms with van der Waals surface area (Å²) in [6.07, 6.45) is 0.0633. The molecular weight excluding hydrogens is 350 g/mol. The first kappa shape index (κ1) is 18.4. The van der Waals surface area contributed by atoms with Gasteiger partial charge in [-0.1, -0.05) is 12.1 Å². The monoisotopic (exact) mass is 369 g/mol. The Hall–Kier alpha value is -3.35. The zero-order valence-corrected chi connectivity index (χ0v) is 14.8. The van der Waals surface area contributed by atoms with Crippen LogP contribution in [0.25, 0.3) is 0 Å². The number of Topliss-reactive ketones (excluding diaryl/α,β-unsaturated/α-hetero) is 1. The molecule has 7 nitrogen and oxygen atoms in total. The van der Waals surface area contributed by atoms with E-state index in [2.05, 4.69) is 5.32 Å². The minimum Gasteiger partial charge on any atom is -0.494 e. The molecule has 1 N–H and O–H groups in total. The third-order valence-electron chi connectivity index (χ3n) is 3.88. The van der Waals surface area contributed by atoms with E-state index in [1.54, 1.807) is 36.4 Å². The molecule has 0 saturated carbocycles. The van der Waals surface area contributed by atoms with Crippen LogP contribution >= 0.6 is 0 Å². The lowest BCUT2D eigenvalue weighted by atomic mass is 10.1. The number of ketones is 1. The van der Waals surface area contributed by atoms with Crippen molar-refractivity contribution in [2.45, 2.75) is 13.3 Å². The number of esters is 1. The fourth-order valence-corrected chi connectivity index (χ4v) is 2.57. The number of benzene rings is 2. The quantitative estimate of drug-likeness (QED) is 0.595. The Labute approximate surface area is 156 Å².